The van der Waals surface area contributed by atoms with E-state index in [1.165, 1.54) is 24.8 Å². The van der Waals surface area contributed by atoms with Crippen molar-refractivity contribution in [1.29, 1.82) is 0 Å². The number of amides is 1. The van der Waals surface area contributed by atoms with Crippen molar-refractivity contribution >= 4 is 5.91 Å². The zero-order valence-corrected chi connectivity index (χ0v) is 19.6. The van der Waals surface area contributed by atoms with Crippen molar-refractivity contribution < 1.29 is 9.53 Å². The molecule has 0 radical (unpaired) electrons. The summed E-state index contributed by atoms with van der Waals surface area (Å²) in [7, 11) is 0. The molecule has 5 heteroatoms. The van der Waals surface area contributed by atoms with Crippen molar-refractivity contribution in [3.8, 4) is 11.1 Å². The Bertz CT molecular complexity index is 868. The number of rotatable bonds is 7. The molecule has 2 aromatic rings. The molecule has 172 valence electrons. The smallest absolute Gasteiger partial charge is 0.226 e. The highest BCUT2D eigenvalue weighted by atomic mass is 16.5. The minimum Gasteiger partial charge on any atom is -0.381 e. The van der Waals surface area contributed by atoms with Gasteiger partial charge >= 0.3 is 0 Å². The zero-order chi connectivity index (χ0) is 22.4. The summed E-state index contributed by atoms with van der Waals surface area (Å²) >= 11 is 0. The van der Waals surface area contributed by atoms with E-state index in [0.29, 0.717) is 19.8 Å². The summed E-state index contributed by atoms with van der Waals surface area (Å²) in [5, 5.41) is 3.34. The maximum atomic E-state index is 13.5. The van der Waals surface area contributed by atoms with Gasteiger partial charge in [0.25, 0.3) is 0 Å². The third-order valence-electron chi connectivity index (χ3n) is 7.32. The molecule has 0 atom stereocenters. The molecule has 0 unspecified atom stereocenters. The Balaban J connectivity index is 1.44. The summed E-state index contributed by atoms with van der Waals surface area (Å²) in [5.74, 6) is 0.183. The molecule has 1 N–H and O–H groups in total. The van der Waals surface area contributed by atoms with E-state index in [4.69, 9.17) is 4.74 Å². The highest BCUT2D eigenvalue weighted by Crippen LogP contribution is 2.35. The summed E-state index contributed by atoms with van der Waals surface area (Å²) in [6.45, 7) is 8.76. The maximum Gasteiger partial charge on any atom is 0.226 e. The molecule has 3 heterocycles. The number of carbonyl (C=O) groups is 1. The first kappa shape index (κ1) is 22.9. The minimum atomic E-state index is -0.397. The van der Waals surface area contributed by atoms with Crippen LogP contribution in [0, 0.1) is 5.41 Å². The Morgan fingerprint density at radius 2 is 1.78 bits per heavy atom. The van der Waals surface area contributed by atoms with E-state index in [1.807, 2.05) is 12.3 Å². The molecule has 2 saturated heterocycles. The summed E-state index contributed by atoms with van der Waals surface area (Å²) in [4.78, 5) is 20.3. The molecule has 5 nitrogen and oxygen atoms in total. The lowest BCUT2D eigenvalue weighted by molar-refractivity contribution is -0.137. The van der Waals surface area contributed by atoms with Crippen LogP contribution < -0.4 is 5.32 Å². The van der Waals surface area contributed by atoms with Crippen molar-refractivity contribution in [2.75, 3.05) is 32.8 Å². The number of likely N-dealkylation sites (tertiary alicyclic amines) is 1. The van der Waals surface area contributed by atoms with Crippen LogP contribution in [0.25, 0.3) is 11.1 Å². The molecule has 32 heavy (non-hydrogen) atoms. The van der Waals surface area contributed by atoms with Gasteiger partial charge in [-0.1, -0.05) is 36.8 Å². The number of ether oxygens (including phenoxy) is 1. The zero-order valence-electron chi connectivity index (χ0n) is 19.6. The average molecular weight is 436 g/mol. The molecule has 1 amide bonds. The van der Waals surface area contributed by atoms with Gasteiger partial charge in [0.1, 0.15) is 0 Å². The highest BCUT2D eigenvalue weighted by Gasteiger charge is 2.41. The van der Waals surface area contributed by atoms with E-state index >= 15 is 0 Å². The van der Waals surface area contributed by atoms with Gasteiger partial charge in [0.2, 0.25) is 5.91 Å². The number of pyridine rings is 1. The normalized spacial score (nSPS) is 19.4. The van der Waals surface area contributed by atoms with E-state index in [0.717, 1.165) is 43.5 Å². The molecule has 2 aliphatic rings. The van der Waals surface area contributed by atoms with Crippen molar-refractivity contribution in [3.05, 3.63) is 54.4 Å². The van der Waals surface area contributed by atoms with Gasteiger partial charge in [-0.25, -0.2) is 0 Å². The number of nitrogens with zero attached hydrogens (tertiary/aromatic N) is 2. The van der Waals surface area contributed by atoms with Crippen LogP contribution in [0.15, 0.2) is 48.8 Å². The van der Waals surface area contributed by atoms with E-state index in [-0.39, 0.29) is 11.4 Å². The summed E-state index contributed by atoms with van der Waals surface area (Å²) in [6.07, 6.45) is 9.80. The topological polar surface area (TPSA) is 54.5 Å². The monoisotopic (exact) mass is 435 g/mol. The molecule has 0 bridgehead atoms. The van der Waals surface area contributed by atoms with Gasteiger partial charge in [-0.15, -0.1) is 0 Å². The standard InChI is InChI=1S/C27H37N3O2/c1-26(2,30-15-4-3-5-16-30)21-29-25(31)27(12-17-32-18-13-27)19-22-8-10-23(11-9-22)24-7-6-14-28-20-24/h6-11,14,20H,3-5,12-13,15-19,21H2,1-2H3,(H,29,31). The third kappa shape index (κ3) is 5.38. The number of piperidine rings is 1. The number of hydrogen-bond donors (Lipinski definition) is 1. The summed E-state index contributed by atoms with van der Waals surface area (Å²) < 4.78 is 5.63. The number of benzene rings is 1. The van der Waals surface area contributed by atoms with Gasteiger partial charge < -0.3 is 10.1 Å². The Labute approximate surface area is 192 Å². The molecule has 2 aliphatic heterocycles. The predicted molar refractivity (Wildman–Crippen MR) is 128 cm³/mol. The third-order valence-corrected chi connectivity index (χ3v) is 7.32. The van der Waals surface area contributed by atoms with E-state index < -0.39 is 5.41 Å². The maximum absolute atomic E-state index is 13.5. The SMILES string of the molecule is CC(C)(CNC(=O)C1(Cc2ccc(-c3cccnc3)cc2)CCOCC1)N1CCCCC1. The quantitative estimate of drug-likeness (QED) is 0.697. The first-order valence-electron chi connectivity index (χ1n) is 12.1. The first-order chi connectivity index (χ1) is 15.5. The van der Waals surface area contributed by atoms with E-state index in [1.54, 1.807) is 6.20 Å². The second kappa shape index (κ2) is 10.1. The van der Waals surface area contributed by atoms with Gasteiger partial charge in [0.15, 0.2) is 0 Å². The van der Waals surface area contributed by atoms with E-state index in [2.05, 4.69) is 59.4 Å². The molecule has 2 fully saturated rings. The van der Waals surface area contributed by atoms with Gasteiger partial charge in [-0.2, -0.15) is 0 Å². The second-order valence-electron chi connectivity index (χ2n) is 10.1. The molecule has 1 aromatic carbocycles. The fraction of sp³-hybridized carbons (Fsp3) is 0.556. The van der Waals surface area contributed by atoms with Crippen LogP contribution >= 0.6 is 0 Å². The predicted octanol–water partition coefficient (Wildman–Crippen LogP) is 4.47. The molecule has 0 aliphatic carbocycles. The fourth-order valence-corrected chi connectivity index (χ4v) is 5.08. The van der Waals surface area contributed by atoms with Gasteiger partial charge in [-0.3, -0.25) is 14.7 Å². The molecule has 0 spiro atoms. The van der Waals surface area contributed by atoms with Crippen LogP contribution in [-0.4, -0.2) is 54.2 Å². The van der Waals surface area contributed by atoms with Crippen molar-refractivity contribution in [1.82, 2.24) is 15.2 Å². The molecule has 4 rings (SSSR count). The number of aromatic nitrogens is 1. The molecule has 0 saturated carbocycles. The second-order valence-corrected chi connectivity index (χ2v) is 10.1. The van der Waals surface area contributed by atoms with Crippen LogP contribution in [0.3, 0.4) is 0 Å². The Morgan fingerprint density at radius 3 is 2.44 bits per heavy atom. The van der Waals surface area contributed by atoms with Gasteiger partial charge in [0, 0.05) is 37.7 Å². The van der Waals surface area contributed by atoms with Crippen LogP contribution in [0.2, 0.25) is 0 Å². The van der Waals surface area contributed by atoms with Crippen LogP contribution in [-0.2, 0) is 16.0 Å². The summed E-state index contributed by atoms with van der Waals surface area (Å²) in [5.41, 5.74) is 3.04. The Kier molecular flexibility index (Phi) is 7.27. The van der Waals surface area contributed by atoms with Gasteiger partial charge in [0.05, 0.1) is 5.41 Å². The number of hydrogen-bond acceptors (Lipinski definition) is 4. The molecule has 1 aromatic heterocycles. The Morgan fingerprint density at radius 1 is 1.06 bits per heavy atom. The molecular weight excluding hydrogens is 398 g/mol. The largest absolute Gasteiger partial charge is 0.381 e. The highest BCUT2D eigenvalue weighted by molar-refractivity contribution is 5.83. The average Bonchev–Trinajstić information content (AvgIpc) is 2.85. The van der Waals surface area contributed by atoms with Crippen LogP contribution in [0.4, 0.5) is 0 Å². The lowest BCUT2D eigenvalue weighted by atomic mass is 9.74. The minimum absolute atomic E-state index is 0.0200. The van der Waals surface area contributed by atoms with Gasteiger partial charge in [-0.05, 0) is 81.8 Å². The van der Waals surface area contributed by atoms with Crippen LogP contribution in [0.5, 0.6) is 0 Å². The van der Waals surface area contributed by atoms with Crippen molar-refractivity contribution in [2.45, 2.75) is 57.9 Å². The Hall–Kier alpha value is -2.24. The lowest BCUT2D eigenvalue weighted by Crippen LogP contribution is -2.56. The van der Waals surface area contributed by atoms with E-state index in [9.17, 15) is 4.79 Å². The number of carbonyl (C=O) groups excluding carboxylic acids is 1. The lowest BCUT2D eigenvalue weighted by Gasteiger charge is -2.42. The first-order valence-corrected chi connectivity index (χ1v) is 12.1. The fourth-order valence-electron chi connectivity index (χ4n) is 5.08. The van der Waals surface area contributed by atoms with Crippen LogP contribution in [0.1, 0.15) is 51.5 Å². The summed E-state index contributed by atoms with van der Waals surface area (Å²) in [6, 6.07) is 12.6. The van der Waals surface area contributed by atoms with Crippen molar-refractivity contribution in [2.24, 2.45) is 5.41 Å². The molecular formula is C27H37N3O2. The van der Waals surface area contributed by atoms with Crippen molar-refractivity contribution in [3.63, 3.8) is 0 Å². The number of nitrogens with one attached hydrogen (secondary N) is 1.